The van der Waals surface area contributed by atoms with Crippen LogP contribution in [0.1, 0.15) is 73.6 Å². The molecule has 1 aromatic carbocycles. The Labute approximate surface area is 250 Å². The quantitative estimate of drug-likeness (QED) is 0.461. The monoisotopic (exact) mass is 596 g/mol. The molecule has 0 aromatic heterocycles. The van der Waals surface area contributed by atoms with Crippen LogP contribution in [0.5, 0.6) is 0 Å². The Bertz CT molecular complexity index is 1310. The van der Waals surface area contributed by atoms with Crippen LogP contribution in [0, 0.1) is 0 Å². The molecule has 0 saturated carbocycles. The zero-order valence-electron chi connectivity index (χ0n) is 25.0. The highest BCUT2D eigenvalue weighted by Crippen LogP contribution is 2.34. The average Bonchev–Trinajstić information content (AvgIpc) is 3.21. The number of carbonyl (C=O) groups is 6. The number of anilines is 1. The van der Waals surface area contributed by atoms with Gasteiger partial charge in [0.25, 0.3) is 11.8 Å². The van der Waals surface area contributed by atoms with E-state index in [0.717, 1.165) is 4.90 Å². The van der Waals surface area contributed by atoms with Crippen molar-refractivity contribution in [2.24, 2.45) is 0 Å². The van der Waals surface area contributed by atoms with Crippen LogP contribution in [-0.2, 0) is 19.1 Å². The van der Waals surface area contributed by atoms with Gasteiger partial charge in [-0.05, 0) is 52.2 Å². The molecule has 43 heavy (non-hydrogen) atoms. The number of piperidine rings is 2. The second-order valence-corrected chi connectivity index (χ2v) is 12.5. The van der Waals surface area contributed by atoms with E-state index >= 15 is 0 Å². The van der Waals surface area contributed by atoms with Gasteiger partial charge in [0, 0.05) is 64.7 Å². The van der Waals surface area contributed by atoms with Gasteiger partial charge < -0.3 is 19.9 Å². The highest BCUT2D eigenvalue weighted by molar-refractivity contribution is 6.25. The summed E-state index contributed by atoms with van der Waals surface area (Å²) in [5, 5.41) is 5.12. The first-order chi connectivity index (χ1) is 20.4. The Balaban J connectivity index is 1.10. The van der Waals surface area contributed by atoms with Crippen LogP contribution in [0.15, 0.2) is 18.2 Å². The summed E-state index contributed by atoms with van der Waals surface area (Å²) in [6.45, 7) is 9.89. The van der Waals surface area contributed by atoms with Gasteiger partial charge in [-0.25, -0.2) is 4.79 Å². The third-order valence-electron chi connectivity index (χ3n) is 8.37. The number of amides is 6. The third kappa shape index (κ3) is 6.82. The lowest BCUT2D eigenvalue weighted by Gasteiger charge is -2.37. The minimum absolute atomic E-state index is 0.00955. The van der Waals surface area contributed by atoms with E-state index < -0.39 is 41.4 Å². The SMILES string of the molecule is CC(C)(C)OC(=O)NC1CCN(C(=O)CCN2CCN(c3cccc4c3C(=O)N(C3CCC(=O)NC3=O)C4=O)CC2)CC1. The number of hydrogen-bond acceptors (Lipinski definition) is 9. The number of nitrogens with one attached hydrogen (secondary N) is 2. The molecule has 4 heterocycles. The van der Waals surface area contributed by atoms with E-state index in [-0.39, 0.29) is 30.4 Å². The first kappa shape index (κ1) is 30.5. The minimum Gasteiger partial charge on any atom is -0.444 e. The number of nitrogens with zero attached hydrogens (tertiary/aromatic N) is 4. The maximum Gasteiger partial charge on any atom is 0.407 e. The summed E-state index contributed by atoms with van der Waals surface area (Å²) in [4.78, 5) is 82.7. The van der Waals surface area contributed by atoms with Gasteiger partial charge in [0.15, 0.2) is 0 Å². The van der Waals surface area contributed by atoms with Crippen LogP contribution in [0.25, 0.3) is 0 Å². The molecule has 3 saturated heterocycles. The van der Waals surface area contributed by atoms with Gasteiger partial charge >= 0.3 is 6.09 Å². The molecule has 0 radical (unpaired) electrons. The van der Waals surface area contributed by atoms with Gasteiger partial charge in [0.2, 0.25) is 17.7 Å². The fourth-order valence-corrected chi connectivity index (χ4v) is 6.13. The molecule has 1 atom stereocenters. The second kappa shape index (κ2) is 12.3. The molecule has 2 N–H and O–H groups in total. The van der Waals surface area contributed by atoms with Gasteiger partial charge in [-0.3, -0.25) is 39.1 Å². The normalized spacial score (nSPS) is 22.0. The van der Waals surface area contributed by atoms with Gasteiger partial charge in [-0.1, -0.05) is 6.07 Å². The molecule has 0 spiro atoms. The maximum absolute atomic E-state index is 13.5. The van der Waals surface area contributed by atoms with Gasteiger partial charge in [0.05, 0.1) is 16.8 Å². The molecule has 3 fully saturated rings. The first-order valence-corrected chi connectivity index (χ1v) is 15.0. The lowest BCUT2D eigenvalue weighted by atomic mass is 10.0. The molecule has 0 aliphatic carbocycles. The van der Waals surface area contributed by atoms with Crippen LogP contribution in [0.4, 0.5) is 10.5 Å². The van der Waals surface area contributed by atoms with Crippen molar-refractivity contribution < 1.29 is 33.5 Å². The number of imide groups is 2. The lowest BCUT2D eigenvalue weighted by Crippen LogP contribution is -2.54. The molecule has 4 aliphatic heterocycles. The number of carbonyl (C=O) groups excluding carboxylic acids is 6. The number of benzene rings is 1. The molecule has 232 valence electrons. The topological polar surface area (TPSA) is 149 Å². The zero-order valence-corrected chi connectivity index (χ0v) is 25.0. The van der Waals surface area contributed by atoms with Crippen LogP contribution < -0.4 is 15.5 Å². The number of likely N-dealkylation sites (tertiary alicyclic amines) is 1. The number of alkyl carbamates (subject to hydrolysis) is 1. The van der Waals surface area contributed by atoms with E-state index in [9.17, 15) is 28.8 Å². The van der Waals surface area contributed by atoms with Crippen molar-refractivity contribution in [3.05, 3.63) is 29.3 Å². The molecule has 13 nitrogen and oxygen atoms in total. The van der Waals surface area contributed by atoms with Crippen molar-refractivity contribution in [2.75, 3.05) is 50.7 Å². The van der Waals surface area contributed by atoms with E-state index in [0.29, 0.717) is 76.3 Å². The van der Waals surface area contributed by atoms with Gasteiger partial charge in [0.1, 0.15) is 11.6 Å². The van der Waals surface area contributed by atoms with Crippen molar-refractivity contribution in [1.29, 1.82) is 0 Å². The molecule has 13 heteroatoms. The fraction of sp³-hybridized carbons (Fsp3) is 0.600. The standard InChI is InChI=1S/C30H40N6O7/c1-30(2,3)43-29(42)31-19-9-13-35(14-10-19)24(38)11-12-33-15-17-34(18-16-33)21-6-4-5-20-25(21)28(41)36(27(20)40)22-7-8-23(37)32-26(22)39/h4-6,19,22H,7-18H2,1-3H3,(H,31,42)(H,32,37,39). The summed E-state index contributed by atoms with van der Waals surface area (Å²) in [5.74, 6) is -1.97. The molecular weight excluding hydrogens is 556 g/mol. The highest BCUT2D eigenvalue weighted by atomic mass is 16.6. The molecule has 1 unspecified atom stereocenters. The highest BCUT2D eigenvalue weighted by Gasteiger charge is 2.46. The summed E-state index contributed by atoms with van der Waals surface area (Å²) in [7, 11) is 0. The van der Waals surface area contributed by atoms with Crippen molar-refractivity contribution in [3.63, 3.8) is 0 Å². The molecule has 5 rings (SSSR count). The maximum atomic E-state index is 13.5. The number of fused-ring (bicyclic) bond motifs is 1. The van der Waals surface area contributed by atoms with E-state index in [1.165, 1.54) is 0 Å². The van der Waals surface area contributed by atoms with Crippen LogP contribution in [0.3, 0.4) is 0 Å². The van der Waals surface area contributed by atoms with Crippen molar-refractivity contribution >= 4 is 41.3 Å². The first-order valence-electron chi connectivity index (χ1n) is 15.0. The number of ether oxygens (including phenoxy) is 1. The Hall–Kier alpha value is -4.00. The summed E-state index contributed by atoms with van der Waals surface area (Å²) in [6.07, 6.45) is 1.54. The lowest BCUT2D eigenvalue weighted by molar-refractivity contribution is -0.136. The average molecular weight is 597 g/mol. The van der Waals surface area contributed by atoms with Gasteiger partial charge in [-0.15, -0.1) is 0 Å². The Morgan fingerprint density at radius 1 is 0.953 bits per heavy atom. The zero-order chi connectivity index (χ0) is 30.9. The van der Waals surface area contributed by atoms with E-state index in [1.54, 1.807) is 12.1 Å². The summed E-state index contributed by atoms with van der Waals surface area (Å²) >= 11 is 0. The summed E-state index contributed by atoms with van der Waals surface area (Å²) in [5.41, 5.74) is 0.669. The molecule has 0 bridgehead atoms. The summed E-state index contributed by atoms with van der Waals surface area (Å²) < 4.78 is 5.33. The third-order valence-corrected chi connectivity index (χ3v) is 8.37. The van der Waals surface area contributed by atoms with Crippen molar-refractivity contribution in [3.8, 4) is 0 Å². The Morgan fingerprint density at radius 3 is 2.30 bits per heavy atom. The van der Waals surface area contributed by atoms with Crippen molar-refractivity contribution in [2.45, 2.75) is 70.6 Å². The molecule has 4 aliphatic rings. The van der Waals surface area contributed by atoms with Crippen LogP contribution >= 0.6 is 0 Å². The smallest absolute Gasteiger partial charge is 0.407 e. The number of rotatable bonds is 6. The second-order valence-electron chi connectivity index (χ2n) is 12.5. The largest absolute Gasteiger partial charge is 0.444 e. The molecular formula is C30H40N6O7. The van der Waals surface area contributed by atoms with Crippen LogP contribution in [0.2, 0.25) is 0 Å². The molecule has 1 aromatic rings. The predicted molar refractivity (Wildman–Crippen MR) is 155 cm³/mol. The number of piperazine rings is 1. The van der Waals surface area contributed by atoms with Gasteiger partial charge in [-0.2, -0.15) is 0 Å². The van der Waals surface area contributed by atoms with E-state index in [2.05, 4.69) is 20.4 Å². The summed E-state index contributed by atoms with van der Waals surface area (Å²) in [6, 6.07) is 4.15. The van der Waals surface area contributed by atoms with E-state index in [1.807, 2.05) is 31.7 Å². The predicted octanol–water partition coefficient (Wildman–Crippen LogP) is 1.12. The van der Waals surface area contributed by atoms with Crippen LogP contribution in [-0.4, -0.2) is 114 Å². The molecule has 6 amide bonds. The fourth-order valence-electron chi connectivity index (χ4n) is 6.13. The number of hydrogen-bond donors (Lipinski definition) is 2. The Morgan fingerprint density at radius 2 is 1.65 bits per heavy atom. The Kier molecular flexibility index (Phi) is 8.72. The van der Waals surface area contributed by atoms with E-state index in [4.69, 9.17) is 4.74 Å². The van der Waals surface area contributed by atoms with Crippen molar-refractivity contribution in [1.82, 2.24) is 25.3 Å². The minimum atomic E-state index is -1.00.